The van der Waals surface area contributed by atoms with Crippen molar-refractivity contribution < 1.29 is 0 Å². The standard InChI is InChI=1S/C17H23BrN4S/c1-11-6-7-15(10-12(11)2)20-17(23)19-8-5-9-22-14(4)16(18)13(3)21-22/h6-7,10H,5,8-9H2,1-4H3,(H2,19,20,23). The second kappa shape index (κ2) is 7.93. The monoisotopic (exact) mass is 394 g/mol. The van der Waals surface area contributed by atoms with E-state index in [0.29, 0.717) is 5.11 Å². The highest BCUT2D eigenvalue weighted by Gasteiger charge is 2.08. The van der Waals surface area contributed by atoms with Gasteiger partial charge in [-0.15, -0.1) is 0 Å². The molecule has 124 valence electrons. The van der Waals surface area contributed by atoms with Gasteiger partial charge in [-0.05, 0) is 85.5 Å². The normalized spacial score (nSPS) is 10.7. The lowest BCUT2D eigenvalue weighted by atomic mass is 10.1. The summed E-state index contributed by atoms with van der Waals surface area (Å²) in [6.07, 6.45) is 0.961. The van der Waals surface area contributed by atoms with Crippen molar-refractivity contribution >= 4 is 38.9 Å². The number of anilines is 1. The van der Waals surface area contributed by atoms with Crippen LogP contribution in [-0.2, 0) is 6.54 Å². The van der Waals surface area contributed by atoms with Crippen LogP contribution in [0.3, 0.4) is 0 Å². The fraction of sp³-hybridized carbons (Fsp3) is 0.412. The first-order chi connectivity index (χ1) is 10.9. The SMILES string of the molecule is Cc1ccc(NC(=S)NCCCn2nc(C)c(Br)c2C)cc1C. The molecule has 1 heterocycles. The van der Waals surface area contributed by atoms with Crippen LogP contribution in [0.2, 0.25) is 0 Å². The maximum Gasteiger partial charge on any atom is 0.170 e. The molecule has 2 aromatic rings. The predicted octanol–water partition coefficient (Wildman–Crippen LogP) is 4.26. The quantitative estimate of drug-likeness (QED) is 0.587. The molecule has 2 rings (SSSR count). The maximum atomic E-state index is 5.34. The molecule has 0 aliphatic heterocycles. The second-order valence-corrected chi connectivity index (χ2v) is 6.94. The summed E-state index contributed by atoms with van der Waals surface area (Å²) < 4.78 is 3.12. The van der Waals surface area contributed by atoms with Crippen molar-refractivity contribution in [1.82, 2.24) is 15.1 Å². The van der Waals surface area contributed by atoms with Gasteiger partial charge in [0.15, 0.2) is 5.11 Å². The van der Waals surface area contributed by atoms with Crippen LogP contribution in [0.5, 0.6) is 0 Å². The fourth-order valence-corrected chi connectivity index (χ4v) is 2.82. The summed E-state index contributed by atoms with van der Waals surface area (Å²) >= 11 is 8.89. The zero-order valence-corrected chi connectivity index (χ0v) is 16.4. The van der Waals surface area contributed by atoms with Crippen LogP contribution in [0.4, 0.5) is 5.69 Å². The van der Waals surface area contributed by atoms with Gasteiger partial charge in [0.2, 0.25) is 0 Å². The van der Waals surface area contributed by atoms with Gasteiger partial charge in [-0.2, -0.15) is 5.10 Å². The largest absolute Gasteiger partial charge is 0.362 e. The molecule has 1 aromatic carbocycles. The third-order valence-corrected chi connectivity index (χ3v) is 5.28. The van der Waals surface area contributed by atoms with E-state index in [1.165, 1.54) is 16.8 Å². The Morgan fingerprint density at radius 1 is 1.22 bits per heavy atom. The van der Waals surface area contributed by atoms with Gasteiger partial charge in [-0.25, -0.2) is 0 Å². The summed E-state index contributed by atoms with van der Waals surface area (Å²) in [6, 6.07) is 6.25. The highest BCUT2D eigenvalue weighted by atomic mass is 79.9. The first-order valence-corrected chi connectivity index (χ1v) is 8.90. The van der Waals surface area contributed by atoms with E-state index < -0.39 is 0 Å². The Bertz CT molecular complexity index is 709. The van der Waals surface area contributed by atoms with Crippen molar-refractivity contribution in [3.05, 3.63) is 45.2 Å². The molecule has 6 heteroatoms. The van der Waals surface area contributed by atoms with E-state index in [0.717, 1.165) is 35.4 Å². The highest BCUT2D eigenvalue weighted by molar-refractivity contribution is 9.10. The van der Waals surface area contributed by atoms with Crippen molar-refractivity contribution in [2.75, 3.05) is 11.9 Å². The summed E-state index contributed by atoms with van der Waals surface area (Å²) in [5, 5.41) is 11.6. The van der Waals surface area contributed by atoms with Gasteiger partial charge in [0.25, 0.3) is 0 Å². The lowest BCUT2D eigenvalue weighted by Gasteiger charge is -2.12. The Kier molecular flexibility index (Phi) is 6.18. The molecule has 0 saturated heterocycles. The first-order valence-electron chi connectivity index (χ1n) is 7.70. The summed E-state index contributed by atoms with van der Waals surface area (Å²) in [5.41, 5.74) is 5.76. The summed E-state index contributed by atoms with van der Waals surface area (Å²) in [4.78, 5) is 0. The van der Waals surface area contributed by atoms with Crippen LogP contribution >= 0.6 is 28.1 Å². The Morgan fingerprint density at radius 3 is 2.57 bits per heavy atom. The molecular formula is C17H23BrN4S. The Balaban J connectivity index is 1.76. The van der Waals surface area contributed by atoms with Crippen LogP contribution in [0.25, 0.3) is 0 Å². The van der Waals surface area contributed by atoms with E-state index in [4.69, 9.17) is 12.2 Å². The minimum Gasteiger partial charge on any atom is -0.362 e. The zero-order valence-electron chi connectivity index (χ0n) is 14.0. The van der Waals surface area contributed by atoms with Crippen molar-refractivity contribution in [3.63, 3.8) is 0 Å². The molecule has 23 heavy (non-hydrogen) atoms. The van der Waals surface area contributed by atoms with Crippen molar-refractivity contribution in [2.45, 2.75) is 40.7 Å². The van der Waals surface area contributed by atoms with Crippen LogP contribution in [-0.4, -0.2) is 21.4 Å². The Morgan fingerprint density at radius 2 is 1.96 bits per heavy atom. The molecule has 2 N–H and O–H groups in total. The van der Waals surface area contributed by atoms with Gasteiger partial charge < -0.3 is 10.6 Å². The van der Waals surface area contributed by atoms with E-state index in [1.807, 2.05) is 17.7 Å². The summed E-state index contributed by atoms with van der Waals surface area (Å²) in [6.45, 7) is 9.97. The average Bonchev–Trinajstić information content (AvgIpc) is 2.75. The number of halogens is 1. The number of benzene rings is 1. The molecule has 0 fully saturated rings. The lowest BCUT2D eigenvalue weighted by molar-refractivity contribution is 0.558. The van der Waals surface area contributed by atoms with E-state index in [9.17, 15) is 0 Å². The molecule has 1 aromatic heterocycles. The maximum absolute atomic E-state index is 5.34. The third-order valence-electron chi connectivity index (χ3n) is 3.89. The molecule has 0 spiro atoms. The number of nitrogens with one attached hydrogen (secondary N) is 2. The fourth-order valence-electron chi connectivity index (χ4n) is 2.32. The summed E-state index contributed by atoms with van der Waals surface area (Å²) in [5.74, 6) is 0. The number of aryl methyl sites for hydroxylation is 4. The predicted molar refractivity (Wildman–Crippen MR) is 104 cm³/mol. The van der Waals surface area contributed by atoms with Crippen LogP contribution in [0.1, 0.15) is 28.9 Å². The number of thiocarbonyl (C=S) groups is 1. The van der Waals surface area contributed by atoms with Crippen molar-refractivity contribution in [2.24, 2.45) is 0 Å². The molecule has 0 amide bonds. The van der Waals surface area contributed by atoms with E-state index >= 15 is 0 Å². The number of aromatic nitrogens is 2. The van der Waals surface area contributed by atoms with E-state index in [1.54, 1.807) is 0 Å². The first kappa shape index (κ1) is 17.9. The van der Waals surface area contributed by atoms with Gasteiger partial charge in [0.1, 0.15) is 0 Å². The van der Waals surface area contributed by atoms with E-state index in [2.05, 4.69) is 64.6 Å². The Hall–Kier alpha value is -1.40. The smallest absolute Gasteiger partial charge is 0.170 e. The number of rotatable bonds is 5. The van der Waals surface area contributed by atoms with Gasteiger partial charge in [0.05, 0.1) is 10.2 Å². The molecule has 0 unspecified atom stereocenters. The summed E-state index contributed by atoms with van der Waals surface area (Å²) in [7, 11) is 0. The van der Waals surface area contributed by atoms with Crippen LogP contribution < -0.4 is 10.6 Å². The lowest BCUT2D eigenvalue weighted by Crippen LogP contribution is -2.29. The average molecular weight is 395 g/mol. The third kappa shape index (κ3) is 4.78. The number of nitrogens with zero attached hydrogens (tertiary/aromatic N) is 2. The Labute approximate surface area is 151 Å². The molecule has 0 radical (unpaired) electrons. The highest BCUT2D eigenvalue weighted by Crippen LogP contribution is 2.19. The zero-order chi connectivity index (χ0) is 17.0. The van der Waals surface area contributed by atoms with Crippen LogP contribution in [0, 0.1) is 27.7 Å². The molecular weight excluding hydrogens is 372 g/mol. The van der Waals surface area contributed by atoms with Crippen molar-refractivity contribution in [1.29, 1.82) is 0 Å². The van der Waals surface area contributed by atoms with Crippen LogP contribution in [0.15, 0.2) is 22.7 Å². The second-order valence-electron chi connectivity index (χ2n) is 5.74. The van der Waals surface area contributed by atoms with Gasteiger partial charge in [-0.1, -0.05) is 6.07 Å². The van der Waals surface area contributed by atoms with E-state index in [-0.39, 0.29) is 0 Å². The molecule has 0 aliphatic carbocycles. The molecule has 0 saturated carbocycles. The minimum absolute atomic E-state index is 0.655. The molecule has 0 aliphatic rings. The van der Waals surface area contributed by atoms with Gasteiger partial charge >= 0.3 is 0 Å². The van der Waals surface area contributed by atoms with Gasteiger partial charge in [-0.3, -0.25) is 4.68 Å². The van der Waals surface area contributed by atoms with Gasteiger partial charge in [0, 0.05) is 24.5 Å². The molecule has 0 bridgehead atoms. The number of hydrogen-bond acceptors (Lipinski definition) is 2. The minimum atomic E-state index is 0.655. The molecule has 4 nitrogen and oxygen atoms in total. The number of hydrogen-bond donors (Lipinski definition) is 2. The van der Waals surface area contributed by atoms with Crippen molar-refractivity contribution in [3.8, 4) is 0 Å². The molecule has 0 atom stereocenters. The topological polar surface area (TPSA) is 41.9 Å².